The quantitative estimate of drug-likeness (QED) is 0.516. The van der Waals surface area contributed by atoms with Crippen LogP contribution in [-0.4, -0.2) is 61.1 Å². The lowest BCUT2D eigenvalue weighted by Crippen LogP contribution is -3.00. The Kier molecular flexibility index (Phi) is 8.02. The number of benzene rings is 1. The van der Waals surface area contributed by atoms with Crippen LogP contribution in [0.5, 0.6) is 0 Å². The molecular weight excluding hydrogens is 462 g/mol. The van der Waals surface area contributed by atoms with Gasteiger partial charge in [0.05, 0.1) is 31.9 Å². The zero-order valence-corrected chi connectivity index (χ0v) is 19.4. The van der Waals surface area contributed by atoms with Gasteiger partial charge in [0.15, 0.2) is 0 Å². The Morgan fingerprint density at radius 3 is 2.58 bits per heavy atom. The van der Waals surface area contributed by atoms with Crippen LogP contribution in [-0.2, 0) is 15.7 Å². The number of hydrogen-bond donors (Lipinski definition) is 2. The fourth-order valence-electron chi connectivity index (χ4n) is 2.59. The van der Waals surface area contributed by atoms with Crippen molar-refractivity contribution in [1.29, 1.82) is 0 Å². The Labute approximate surface area is 175 Å². The monoisotopic (exact) mass is 485 g/mol. The standard InChI is InChI=1S/C16H25ClN3O3S2.BrH/c1-6-11(2)18-25(22,23)14-9-12(7-8-13(14)17)16(21)10-24-15(19(3)4)20(16)5;/h7-9,11,18,21H,6,10H2,1-5H3;1H/q+1;/p-1. The molecule has 0 aliphatic carbocycles. The SMILES string of the molecule is CCC(C)NS(=O)(=O)c1cc(C2(O)CSC(=[N+](C)C)N2C)ccc1Cl.[Br-]. The summed E-state index contributed by atoms with van der Waals surface area (Å²) in [5, 5.41) is 12.2. The average Bonchev–Trinajstić information content (AvgIpc) is 2.83. The molecule has 0 radical (unpaired) electrons. The van der Waals surface area contributed by atoms with Crippen LogP contribution in [0.2, 0.25) is 5.02 Å². The van der Waals surface area contributed by atoms with Crippen molar-refractivity contribution in [2.24, 2.45) is 0 Å². The third-order valence-corrected chi connectivity index (χ3v) is 7.79. The Hall–Kier alpha value is -0.320. The fourth-order valence-corrected chi connectivity index (χ4v) is 5.74. The minimum absolute atomic E-state index is 0. The van der Waals surface area contributed by atoms with Crippen molar-refractivity contribution < 1.29 is 35.1 Å². The molecule has 0 aromatic heterocycles. The number of nitrogens with one attached hydrogen (secondary N) is 1. The Balaban J connectivity index is 0.00000338. The van der Waals surface area contributed by atoms with Crippen molar-refractivity contribution in [3.8, 4) is 0 Å². The van der Waals surface area contributed by atoms with Gasteiger partial charge in [0.2, 0.25) is 15.7 Å². The van der Waals surface area contributed by atoms with E-state index in [0.29, 0.717) is 17.7 Å². The van der Waals surface area contributed by atoms with Crippen LogP contribution >= 0.6 is 23.4 Å². The second kappa shape index (κ2) is 8.79. The normalized spacial score (nSPS) is 21.5. The van der Waals surface area contributed by atoms with E-state index < -0.39 is 15.7 Å². The molecule has 1 saturated heterocycles. The van der Waals surface area contributed by atoms with Gasteiger partial charge in [-0.2, -0.15) is 0 Å². The van der Waals surface area contributed by atoms with E-state index in [2.05, 4.69) is 4.72 Å². The van der Waals surface area contributed by atoms with E-state index in [0.717, 1.165) is 5.17 Å². The summed E-state index contributed by atoms with van der Waals surface area (Å²) in [6.07, 6.45) is 0.668. The van der Waals surface area contributed by atoms with E-state index in [-0.39, 0.29) is 32.9 Å². The summed E-state index contributed by atoms with van der Waals surface area (Å²) in [5.41, 5.74) is -0.802. The summed E-state index contributed by atoms with van der Waals surface area (Å²) in [6.45, 7) is 3.69. The molecule has 6 nitrogen and oxygen atoms in total. The van der Waals surface area contributed by atoms with Crippen LogP contribution in [0.4, 0.5) is 0 Å². The van der Waals surface area contributed by atoms with Crippen LogP contribution in [0.15, 0.2) is 23.1 Å². The first kappa shape index (κ1) is 23.7. The third kappa shape index (κ3) is 4.56. The molecule has 2 atom stereocenters. The second-order valence-electron chi connectivity index (χ2n) is 6.42. The van der Waals surface area contributed by atoms with Crippen LogP contribution in [0.3, 0.4) is 0 Å². The molecule has 2 N–H and O–H groups in total. The van der Waals surface area contributed by atoms with E-state index >= 15 is 0 Å². The van der Waals surface area contributed by atoms with E-state index in [1.165, 1.54) is 23.9 Å². The summed E-state index contributed by atoms with van der Waals surface area (Å²) < 4.78 is 29.8. The zero-order valence-electron chi connectivity index (χ0n) is 15.5. The molecule has 1 aliphatic heterocycles. The van der Waals surface area contributed by atoms with Crippen molar-refractivity contribution in [1.82, 2.24) is 9.62 Å². The minimum Gasteiger partial charge on any atom is -1.00 e. The van der Waals surface area contributed by atoms with Gasteiger partial charge in [-0.3, -0.25) is 4.58 Å². The number of aliphatic hydroxyl groups is 1. The smallest absolute Gasteiger partial charge is 0.310 e. The number of sulfonamides is 1. The van der Waals surface area contributed by atoms with Crippen molar-refractivity contribution in [2.45, 2.75) is 36.9 Å². The lowest BCUT2D eigenvalue weighted by Gasteiger charge is -2.26. The average molecular weight is 487 g/mol. The van der Waals surface area contributed by atoms with Gasteiger partial charge < -0.3 is 22.1 Å². The first-order valence-corrected chi connectivity index (χ1v) is 10.8. The molecular formula is C16H25BrClN3O3S2. The summed E-state index contributed by atoms with van der Waals surface area (Å²) in [5.74, 6) is 0.400. The minimum atomic E-state index is -3.76. The number of rotatable bonds is 5. The van der Waals surface area contributed by atoms with Crippen LogP contribution in [0.25, 0.3) is 0 Å². The predicted molar refractivity (Wildman–Crippen MR) is 103 cm³/mol. The van der Waals surface area contributed by atoms with Crippen LogP contribution in [0.1, 0.15) is 25.8 Å². The molecule has 2 rings (SSSR count). The summed E-state index contributed by atoms with van der Waals surface area (Å²) in [4.78, 5) is 1.73. The number of nitrogens with zero attached hydrogens (tertiary/aromatic N) is 2. The van der Waals surface area contributed by atoms with Gasteiger partial charge in [0.1, 0.15) is 4.90 Å². The molecule has 148 valence electrons. The van der Waals surface area contributed by atoms with Gasteiger partial charge in [0.25, 0.3) is 0 Å². The number of thioether (sulfide) groups is 1. The van der Waals surface area contributed by atoms with Crippen molar-refractivity contribution in [3.05, 3.63) is 28.8 Å². The summed E-state index contributed by atoms with van der Waals surface area (Å²) in [7, 11) is 1.83. The van der Waals surface area contributed by atoms with Gasteiger partial charge in [-0.1, -0.05) is 24.6 Å². The van der Waals surface area contributed by atoms with E-state index in [4.69, 9.17) is 11.6 Å². The highest BCUT2D eigenvalue weighted by atomic mass is 79.9. The Bertz CT molecular complexity index is 800. The highest BCUT2D eigenvalue weighted by Crippen LogP contribution is 2.39. The Morgan fingerprint density at radius 1 is 1.46 bits per heavy atom. The van der Waals surface area contributed by atoms with Gasteiger partial charge in [-0.25, -0.2) is 18.0 Å². The first-order chi connectivity index (χ1) is 11.5. The van der Waals surface area contributed by atoms with Crippen molar-refractivity contribution in [3.63, 3.8) is 0 Å². The second-order valence-corrected chi connectivity index (χ2v) is 9.45. The summed E-state index contributed by atoms with van der Waals surface area (Å²) in [6, 6.07) is 4.45. The summed E-state index contributed by atoms with van der Waals surface area (Å²) >= 11 is 7.65. The molecule has 1 fully saturated rings. The van der Waals surface area contributed by atoms with Crippen LogP contribution in [0, 0.1) is 0 Å². The zero-order chi connectivity index (χ0) is 19.0. The van der Waals surface area contributed by atoms with Crippen molar-refractivity contribution >= 4 is 38.6 Å². The lowest BCUT2D eigenvalue weighted by atomic mass is 10.0. The van der Waals surface area contributed by atoms with Gasteiger partial charge in [-0.15, -0.1) is 0 Å². The van der Waals surface area contributed by atoms with E-state index in [1.54, 1.807) is 24.9 Å². The van der Waals surface area contributed by atoms with Gasteiger partial charge in [-0.05, 0) is 37.2 Å². The number of amidine groups is 1. The maximum Gasteiger partial charge on any atom is 0.310 e. The lowest BCUT2D eigenvalue weighted by molar-refractivity contribution is -0.467. The molecule has 0 spiro atoms. The number of hydrogen-bond acceptors (Lipinski definition) is 4. The van der Waals surface area contributed by atoms with Crippen molar-refractivity contribution in [2.75, 3.05) is 26.9 Å². The molecule has 10 heteroatoms. The third-order valence-electron chi connectivity index (χ3n) is 4.28. The first-order valence-electron chi connectivity index (χ1n) is 7.98. The Morgan fingerprint density at radius 2 is 2.08 bits per heavy atom. The van der Waals surface area contributed by atoms with E-state index in [9.17, 15) is 13.5 Å². The molecule has 26 heavy (non-hydrogen) atoms. The molecule has 2 unspecified atom stereocenters. The molecule has 1 heterocycles. The van der Waals surface area contributed by atoms with Gasteiger partial charge in [0, 0.05) is 11.6 Å². The predicted octanol–water partition coefficient (Wildman–Crippen LogP) is -1.13. The highest BCUT2D eigenvalue weighted by Gasteiger charge is 2.49. The number of halogens is 2. The molecule has 1 aliphatic rings. The van der Waals surface area contributed by atoms with Crippen LogP contribution < -0.4 is 21.7 Å². The maximum absolute atomic E-state index is 12.6. The maximum atomic E-state index is 12.6. The molecule has 0 saturated carbocycles. The molecule has 0 amide bonds. The molecule has 1 aromatic rings. The molecule has 0 bridgehead atoms. The largest absolute Gasteiger partial charge is 1.00 e. The highest BCUT2D eigenvalue weighted by molar-refractivity contribution is 8.13. The van der Waals surface area contributed by atoms with E-state index in [1.807, 2.05) is 25.6 Å². The molecule has 1 aromatic carbocycles. The topological polar surface area (TPSA) is 72.7 Å². The fraction of sp³-hybridized carbons (Fsp3) is 0.562. The van der Waals surface area contributed by atoms with Gasteiger partial charge >= 0.3 is 5.17 Å².